The van der Waals surface area contributed by atoms with Crippen molar-refractivity contribution < 1.29 is 9.53 Å². The molecule has 0 bridgehead atoms. The van der Waals surface area contributed by atoms with Crippen LogP contribution in [0.4, 0.5) is 0 Å². The Labute approximate surface area is 180 Å². The molecule has 4 nitrogen and oxygen atoms in total. The second-order valence-corrected chi connectivity index (χ2v) is 9.50. The predicted octanol–water partition coefficient (Wildman–Crippen LogP) is 4.47. The molecule has 1 fully saturated rings. The molecule has 6 heteroatoms. The summed E-state index contributed by atoms with van der Waals surface area (Å²) in [7, 11) is 0. The lowest BCUT2D eigenvalue weighted by atomic mass is 10.1. The van der Waals surface area contributed by atoms with Gasteiger partial charge in [0.15, 0.2) is 0 Å². The molecule has 2 aromatic rings. The lowest BCUT2D eigenvalue weighted by Crippen LogP contribution is -2.40. The summed E-state index contributed by atoms with van der Waals surface area (Å²) >= 11 is 5.00. The molecule has 1 heterocycles. The highest BCUT2D eigenvalue weighted by atomic mass is 79.9. The minimum atomic E-state index is -0.140. The van der Waals surface area contributed by atoms with E-state index in [9.17, 15) is 4.79 Å². The van der Waals surface area contributed by atoms with Crippen molar-refractivity contribution in [3.05, 3.63) is 64.1 Å². The average Bonchev–Trinajstić information content (AvgIpc) is 2.68. The fourth-order valence-electron chi connectivity index (χ4n) is 3.23. The van der Waals surface area contributed by atoms with Crippen LogP contribution < -0.4 is 5.32 Å². The van der Waals surface area contributed by atoms with E-state index in [-0.39, 0.29) is 11.2 Å². The summed E-state index contributed by atoms with van der Waals surface area (Å²) < 4.78 is 6.65. The van der Waals surface area contributed by atoms with E-state index in [1.165, 1.54) is 5.56 Å². The third-order valence-corrected chi connectivity index (χ3v) is 6.33. The Morgan fingerprint density at radius 1 is 1.29 bits per heavy atom. The molecule has 1 saturated heterocycles. The summed E-state index contributed by atoms with van der Waals surface area (Å²) in [6.45, 7) is 8.26. The number of nitrogens with one attached hydrogen (secondary N) is 1. The van der Waals surface area contributed by atoms with Gasteiger partial charge in [0, 0.05) is 35.5 Å². The molecule has 1 amide bonds. The van der Waals surface area contributed by atoms with Gasteiger partial charge in [0.25, 0.3) is 0 Å². The number of ether oxygens (including phenoxy) is 1. The minimum absolute atomic E-state index is 0.0559. The maximum absolute atomic E-state index is 12.5. The number of benzene rings is 2. The Morgan fingerprint density at radius 3 is 2.79 bits per heavy atom. The molecule has 0 spiro atoms. The minimum Gasteiger partial charge on any atom is -0.376 e. The quantitative estimate of drug-likeness (QED) is 0.616. The highest BCUT2D eigenvalue weighted by Crippen LogP contribution is 2.25. The molecule has 1 aliphatic heterocycles. The first-order valence-corrected chi connectivity index (χ1v) is 11.3. The Hall–Kier alpha value is -1.34. The van der Waals surface area contributed by atoms with Gasteiger partial charge >= 0.3 is 0 Å². The van der Waals surface area contributed by atoms with Crippen molar-refractivity contribution >= 4 is 33.6 Å². The first-order chi connectivity index (χ1) is 13.5. The van der Waals surface area contributed by atoms with E-state index in [2.05, 4.69) is 57.3 Å². The third-order valence-electron chi connectivity index (χ3n) is 4.69. The van der Waals surface area contributed by atoms with Crippen molar-refractivity contribution in [2.75, 3.05) is 19.7 Å². The van der Waals surface area contributed by atoms with E-state index in [0.717, 1.165) is 41.2 Å². The monoisotopic (exact) mass is 462 g/mol. The van der Waals surface area contributed by atoms with Gasteiger partial charge in [0.2, 0.25) is 5.91 Å². The van der Waals surface area contributed by atoms with Crippen LogP contribution in [0.15, 0.2) is 57.9 Å². The molecule has 2 atom stereocenters. The van der Waals surface area contributed by atoms with Crippen LogP contribution in [0.2, 0.25) is 0 Å². The number of hydrogen-bond donors (Lipinski definition) is 1. The molecule has 2 unspecified atom stereocenters. The van der Waals surface area contributed by atoms with Crippen LogP contribution in [0, 0.1) is 0 Å². The third kappa shape index (κ3) is 6.62. The van der Waals surface area contributed by atoms with Crippen LogP contribution in [0.3, 0.4) is 0 Å². The molecule has 28 heavy (non-hydrogen) atoms. The highest BCUT2D eigenvalue weighted by Gasteiger charge is 2.17. The zero-order valence-electron chi connectivity index (χ0n) is 16.4. The van der Waals surface area contributed by atoms with Gasteiger partial charge < -0.3 is 10.1 Å². The second-order valence-electron chi connectivity index (χ2n) is 7.17. The summed E-state index contributed by atoms with van der Waals surface area (Å²) in [4.78, 5) is 16.0. The normalized spacial score (nSPS) is 18.6. The Balaban J connectivity index is 1.49. The number of morpholine rings is 1. The number of thioether (sulfide) groups is 1. The number of carbonyl (C=O) groups is 1. The fourth-order valence-corrected chi connectivity index (χ4v) is 4.39. The smallest absolute Gasteiger partial charge is 0.233 e. The SMILES string of the molecule is CC1CN(Cc2cccc(CNC(=O)C(C)Sc3ccc(Br)cc3)c2)CCO1. The van der Waals surface area contributed by atoms with Crippen molar-refractivity contribution in [2.45, 2.75) is 43.2 Å². The molecule has 1 aliphatic rings. The van der Waals surface area contributed by atoms with Gasteiger partial charge in [-0.1, -0.05) is 40.2 Å². The topological polar surface area (TPSA) is 41.6 Å². The van der Waals surface area contributed by atoms with Gasteiger partial charge in [-0.05, 0) is 49.2 Å². The molecule has 1 N–H and O–H groups in total. The Morgan fingerprint density at radius 2 is 2.04 bits per heavy atom. The molecule has 0 aromatic heterocycles. The molecule has 2 aromatic carbocycles. The summed E-state index contributed by atoms with van der Waals surface area (Å²) in [5, 5.41) is 2.93. The summed E-state index contributed by atoms with van der Waals surface area (Å²) in [5.74, 6) is 0.0559. The van der Waals surface area contributed by atoms with Crippen LogP contribution >= 0.6 is 27.7 Å². The van der Waals surface area contributed by atoms with E-state index < -0.39 is 0 Å². The number of nitrogens with zero attached hydrogens (tertiary/aromatic N) is 1. The van der Waals surface area contributed by atoms with Crippen LogP contribution in [-0.4, -0.2) is 41.9 Å². The van der Waals surface area contributed by atoms with Crippen LogP contribution in [-0.2, 0) is 22.6 Å². The van der Waals surface area contributed by atoms with Gasteiger partial charge in [-0.25, -0.2) is 0 Å². The summed E-state index contributed by atoms with van der Waals surface area (Å²) in [6, 6.07) is 16.5. The number of rotatable bonds is 7. The largest absolute Gasteiger partial charge is 0.376 e. The van der Waals surface area contributed by atoms with E-state index in [0.29, 0.717) is 12.6 Å². The van der Waals surface area contributed by atoms with Crippen LogP contribution in [0.25, 0.3) is 0 Å². The lowest BCUT2D eigenvalue weighted by Gasteiger charge is -2.31. The van der Waals surface area contributed by atoms with E-state index in [1.807, 2.05) is 31.2 Å². The van der Waals surface area contributed by atoms with Crippen LogP contribution in [0.5, 0.6) is 0 Å². The Kier molecular flexibility index (Phi) is 7.97. The highest BCUT2D eigenvalue weighted by molar-refractivity contribution is 9.10. The molecule has 0 saturated carbocycles. The van der Waals surface area contributed by atoms with Gasteiger partial charge in [-0.3, -0.25) is 9.69 Å². The average molecular weight is 463 g/mol. The zero-order valence-corrected chi connectivity index (χ0v) is 18.8. The molecule has 3 rings (SSSR count). The molecular formula is C22H27BrN2O2S. The van der Waals surface area contributed by atoms with Gasteiger partial charge in [-0.2, -0.15) is 0 Å². The fraction of sp³-hybridized carbons (Fsp3) is 0.409. The van der Waals surface area contributed by atoms with Crippen molar-refractivity contribution in [3.63, 3.8) is 0 Å². The molecule has 0 radical (unpaired) electrons. The zero-order chi connectivity index (χ0) is 19.9. The molecular weight excluding hydrogens is 436 g/mol. The number of amides is 1. The van der Waals surface area contributed by atoms with E-state index in [1.54, 1.807) is 11.8 Å². The van der Waals surface area contributed by atoms with Crippen LogP contribution in [0.1, 0.15) is 25.0 Å². The maximum atomic E-state index is 12.5. The first kappa shape index (κ1) is 21.4. The number of hydrogen-bond acceptors (Lipinski definition) is 4. The van der Waals surface area contributed by atoms with Gasteiger partial charge in [-0.15, -0.1) is 11.8 Å². The maximum Gasteiger partial charge on any atom is 0.233 e. The van der Waals surface area contributed by atoms with Crippen molar-refractivity contribution in [1.29, 1.82) is 0 Å². The van der Waals surface area contributed by atoms with E-state index >= 15 is 0 Å². The number of halogens is 1. The van der Waals surface area contributed by atoms with Crippen molar-refractivity contribution in [2.24, 2.45) is 0 Å². The van der Waals surface area contributed by atoms with Crippen molar-refractivity contribution in [3.8, 4) is 0 Å². The second kappa shape index (κ2) is 10.4. The summed E-state index contributed by atoms with van der Waals surface area (Å²) in [6.07, 6.45) is 0.293. The number of carbonyl (C=O) groups excluding carboxylic acids is 1. The Bertz CT molecular complexity index is 784. The van der Waals surface area contributed by atoms with Gasteiger partial charge in [0.05, 0.1) is 18.0 Å². The summed E-state index contributed by atoms with van der Waals surface area (Å²) in [5.41, 5.74) is 2.41. The lowest BCUT2D eigenvalue weighted by molar-refractivity contribution is -0.120. The predicted molar refractivity (Wildman–Crippen MR) is 118 cm³/mol. The van der Waals surface area contributed by atoms with Crippen molar-refractivity contribution in [1.82, 2.24) is 10.2 Å². The standard InChI is InChI=1S/C22H27BrN2O2S/c1-16-14-25(10-11-27-16)15-19-5-3-4-18(12-19)13-24-22(26)17(2)28-21-8-6-20(23)7-9-21/h3-9,12,16-17H,10-11,13-15H2,1-2H3,(H,24,26). The molecule has 150 valence electrons. The van der Waals surface area contributed by atoms with Gasteiger partial charge in [0.1, 0.15) is 0 Å². The van der Waals surface area contributed by atoms with E-state index in [4.69, 9.17) is 4.74 Å². The first-order valence-electron chi connectivity index (χ1n) is 9.61. The molecule has 0 aliphatic carbocycles.